The molecule has 146 valence electrons. The number of likely N-dealkylation sites (tertiary alicyclic amines) is 1. The summed E-state index contributed by atoms with van der Waals surface area (Å²) in [5.41, 5.74) is 3.48. The Kier molecular flexibility index (Phi) is 4.53. The van der Waals surface area contributed by atoms with Crippen LogP contribution in [0, 0.1) is 17.8 Å². The molecule has 2 aromatic rings. The van der Waals surface area contributed by atoms with Crippen molar-refractivity contribution in [3.8, 4) is 5.75 Å². The summed E-state index contributed by atoms with van der Waals surface area (Å²) in [7, 11) is 0. The number of carbonyl (C=O) groups is 1. The molecule has 5 rings (SSSR count). The first-order chi connectivity index (χ1) is 13.5. The average Bonchev–Trinajstić information content (AvgIpc) is 3.01. The number of carboxylic acid groups (broad SMARTS) is 1. The molecule has 0 radical (unpaired) electrons. The van der Waals surface area contributed by atoms with Crippen molar-refractivity contribution in [2.45, 2.75) is 25.5 Å². The van der Waals surface area contributed by atoms with Gasteiger partial charge in [-0.2, -0.15) is 0 Å². The van der Waals surface area contributed by atoms with Crippen molar-refractivity contribution in [2.75, 3.05) is 13.1 Å². The fourth-order valence-corrected chi connectivity index (χ4v) is 5.55. The summed E-state index contributed by atoms with van der Waals surface area (Å²) in [5.74, 6) is 0.797. The summed E-state index contributed by atoms with van der Waals surface area (Å²) in [6.07, 6.45) is 2.12. The number of hydrogen-bond acceptors (Lipinski definition) is 3. The van der Waals surface area contributed by atoms with Gasteiger partial charge in [0, 0.05) is 34.7 Å². The zero-order chi connectivity index (χ0) is 19.4. The third-order valence-electron chi connectivity index (χ3n) is 6.55. The van der Waals surface area contributed by atoms with Crippen LogP contribution in [0.25, 0.3) is 0 Å². The topological polar surface area (TPSA) is 49.8 Å². The SMILES string of the molecule is O=C(O)[C@H]1[C@@H]2CN(C3CCc4cc(OCc5c(Cl)cccc5Cl)ccc43)C[C@@H]21. The molecule has 6 heteroatoms. The largest absolute Gasteiger partial charge is 0.489 e. The van der Waals surface area contributed by atoms with E-state index in [0.717, 1.165) is 37.2 Å². The number of ether oxygens (including phenoxy) is 1. The summed E-state index contributed by atoms with van der Waals surface area (Å²) < 4.78 is 5.96. The number of piperidine rings is 1. The number of halogens is 2. The van der Waals surface area contributed by atoms with Crippen molar-refractivity contribution in [1.29, 1.82) is 0 Å². The van der Waals surface area contributed by atoms with Gasteiger partial charge >= 0.3 is 5.97 Å². The van der Waals surface area contributed by atoms with Gasteiger partial charge in [-0.15, -0.1) is 0 Å². The van der Waals surface area contributed by atoms with Crippen LogP contribution in [0.15, 0.2) is 36.4 Å². The highest BCUT2D eigenvalue weighted by molar-refractivity contribution is 6.35. The van der Waals surface area contributed by atoms with Gasteiger partial charge in [-0.3, -0.25) is 9.69 Å². The van der Waals surface area contributed by atoms with E-state index in [0.29, 0.717) is 34.5 Å². The van der Waals surface area contributed by atoms with Gasteiger partial charge in [0.2, 0.25) is 0 Å². The maximum Gasteiger partial charge on any atom is 0.307 e. The lowest BCUT2D eigenvalue weighted by atomic mass is 10.1. The van der Waals surface area contributed by atoms with Gasteiger partial charge in [0.25, 0.3) is 0 Å². The van der Waals surface area contributed by atoms with Crippen LogP contribution in [0.3, 0.4) is 0 Å². The number of hydrogen-bond donors (Lipinski definition) is 1. The van der Waals surface area contributed by atoms with Crippen LogP contribution in [0.2, 0.25) is 10.0 Å². The predicted octanol–water partition coefficient (Wildman–Crippen LogP) is 4.82. The molecule has 28 heavy (non-hydrogen) atoms. The Hall–Kier alpha value is -1.75. The zero-order valence-corrected chi connectivity index (χ0v) is 16.8. The van der Waals surface area contributed by atoms with Crippen molar-refractivity contribution >= 4 is 29.2 Å². The van der Waals surface area contributed by atoms with Crippen molar-refractivity contribution in [3.63, 3.8) is 0 Å². The number of benzene rings is 2. The van der Waals surface area contributed by atoms with Crippen LogP contribution >= 0.6 is 23.2 Å². The monoisotopic (exact) mass is 417 g/mol. The number of fused-ring (bicyclic) bond motifs is 2. The van der Waals surface area contributed by atoms with E-state index < -0.39 is 5.97 Å². The third kappa shape index (κ3) is 3.08. The van der Waals surface area contributed by atoms with Crippen LogP contribution in [0.4, 0.5) is 0 Å². The molecule has 0 bridgehead atoms. The quantitative estimate of drug-likeness (QED) is 0.757. The normalized spacial score (nSPS) is 28.1. The highest BCUT2D eigenvalue weighted by atomic mass is 35.5. The van der Waals surface area contributed by atoms with Crippen molar-refractivity contribution in [1.82, 2.24) is 4.90 Å². The maximum atomic E-state index is 11.2. The van der Waals surface area contributed by atoms with E-state index in [1.807, 2.05) is 24.3 Å². The smallest absolute Gasteiger partial charge is 0.307 e. The van der Waals surface area contributed by atoms with Gasteiger partial charge in [0.05, 0.1) is 5.92 Å². The molecule has 0 amide bonds. The minimum atomic E-state index is -0.623. The number of rotatable bonds is 5. The highest BCUT2D eigenvalue weighted by Gasteiger charge is 2.60. The third-order valence-corrected chi connectivity index (χ3v) is 7.26. The van der Waals surface area contributed by atoms with E-state index in [4.69, 9.17) is 27.9 Å². The maximum absolute atomic E-state index is 11.2. The highest BCUT2D eigenvalue weighted by Crippen LogP contribution is 2.54. The molecular formula is C22H21Cl2NO3. The lowest BCUT2D eigenvalue weighted by Crippen LogP contribution is -2.29. The summed E-state index contributed by atoms with van der Waals surface area (Å²) in [6, 6.07) is 12.2. The second kappa shape index (κ2) is 6.94. The predicted molar refractivity (Wildman–Crippen MR) is 108 cm³/mol. The fourth-order valence-electron chi connectivity index (χ4n) is 5.05. The molecule has 1 N–H and O–H groups in total. The van der Waals surface area contributed by atoms with E-state index in [9.17, 15) is 9.90 Å². The Morgan fingerprint density at radius 2 is 1.86 bits per heavy atom. The van der Waals surface area contributed by atoms with Crippen LogP contribution in [0.1, 0.15) is 29.2 Å². The summed E-state index contributed by atoms with van der Waals surface area (Å²) in [5, 5.41) is 10.4. The van der Waals surface area contributed by atoms with Crippen LogP contribution in [-0.4, -0.2) is 29.1 Å². The molecule has 0 spiro atoms. The van der Waals surface area contributed by atoms with Gasteiger partial charge < -0.3 is 9.84 Å². The zero-order valence-electron chi connectivity index (χ0n) is 15.3. The summed E-state index contributed by atoms with van der Waals surface area (Å²) >= 11 is 12.4. The van der Waals surface area contributed by atoms with E-state index >= 15 is 0 Å². The lowest BCUT2D eigenvalue weighted by Gasteiger charge is -2.27. The van der Waals surface area contributed by atoms with Gasteiger partial charge in [-0.25, -0.2) is 0 Å². The van der Waals surface area contributed by atoms with Crippen molar-refractivity contribution in [3.05, 3.63) is 63.1 Å². The van der Waals surface area contributed by atoms with E-state index in [1.54, 1.807) is 0 Å². The molecule has 1 saturated carbocycles. The summed E-state index contributed by atoms with van der Waals surface area (Å²) in [6.45, 7) is 2.16. The van der Waals surface area contributed by atoms with E-state index in [1.165, 1.54) is 11.1 Å². The molecule has 3 aliphatic rings. The van der Waals surface area contributed by atoms with Gasteiger partial charge in [-0.1, -0.05) is 35.3 Å². The first-order valence-corrected chi connectivity index (χ1v) is 10.4. The number of carboxylic acids is 1. The molecular weight excluding hydrogens is 397 g/mol. The summed E-state index contributed by atoms with van der Waals surface area (Å²) in [4.78, 5) is 13.7. The Balaban J connectivity index is 1.26. The standard InChI is InChI=1S/C22H21Cl2NO3/c23-18-2-1-3-19(24)17(18)11-28-13-5-6-14-12(8-13)4-7-20(14)25-9-15-16(10-25)21(15)22(26)27/h1-3,5-6,8,15-16,20-21H,4,7,9-11H2,(H,26,27)/t15-,16+,20?,21+. The average molecular weight is 418 g/mol. The number of aliphatic carboxylic acids is 1. The van der Waals surface area contributed by atoms with E-state index in [2.05, 4.69) is 17.0 Å². The Morgan fingerprint density at radius 3 is 2.54 bits per heavy atom. The molecule has 1 unspecified atom stereocenters. The minimum absolute atomic E-state index is 0.107. The lowest BCUT2D eigenvalue weighted by molar-refractivity contribution is -0.139. The molecule has 1 heterocycles. The molecule has 2 aliphatic carbocycles. The van der Waals surface area contributed by atoms with Crippen LogP contribution in [-0.2, 0) is 17.8 Å². The van der Waals surface area contributed by atoms with Gasteiger partial charge in [0.1, 0.15) is 12.4 Å². The van der Waals surface area contributed by atoms with Gasteiger partial charge in [-0.05, 0) is 60.1 Å². The van der Waals surface area contributed by atoms with Crippen molar-refractivity contribution < 1.29 is 14.6 Å². The number of aryl methyl sites for hydroxylation is 1. The number of nitrogens with zero attached hydrogens (tertiary/aromatic N) is 1. The van der Waals surface area contributed by atoms with Crippen LogP contribution in [0.5, 0.6) is 5.75 Å². The Morgan fingerprint density at radius 1 is 1.14 bits per heavy atom. The first kappa shape index (κ1) is 18.3. The van der Waals surface area contributed by atoms with Crippen molar-refractivity contribution in [2.24, 2.45) is 17.8 Å². The molecule has 2 fully saturated rings. The fraction of sp³-hybridized carbons (Fsp3) is 0.409. The molecule has 1 aliphatic heterocycles. The Bertz CT molecular complexity index is 915. The molecule has 4 atom stereocenters. The van der Waals surface area contributed by atoms with Gasteiger partial charge in [0.15, 0.2) is 0 Å². The second-order valence-electron chi connectivity index (χ2n) is 8.05. The van der Waals surface area contributed by atoms with E-state index in [-0.39, 0.29) is 5.92 Å². The second-order valence-corrected chi connectivity index (χ2v) is 8.86. The molecule has 1 saturated heterocycles. The molecule has 2 aromatic carbocycles. The van der Waals surface area contributed by atoms with Crippen LogP contribution < -0.4 is 4.74 Å². The first-order valence-electron chi connectivity index (χ1n) is 9.68. The molecule has 0 aromatic heterocycles. The Labute approximate surface area is 174 Å². The minimum Gasteiger partial charge on any atom is -0.489 e. The molecule has 4 nitrogen and oxygen atoms in total.